The molecule has 0 fully saturated rings. The minimum atomic E-state index is -1.21. The van der Waals surface area contributed by atoms with Gasteiger partial charge in [0.1, 0.15) is 5.82 Å². The molecule has 0 amide bonds. The Morgan fingerprint density at radius 2 is 2.25 bits per heavy atom. The van der Waals surface area contributed by atoms with Crippen LogP contribution >= 0.6 is 0 Å². The van der Waals surface area contributed by atoms with Crippen molar-refractivity contribution >= 4 is 5.97 Å². The van der Waals surface area contributed by atoms with Crippen LogP contribution in [0.25, 0.3) is 0 Å². The number of hydrogen-bond donors (Lipinski definition) is 1. The third-order valence-electron chi connectivity index (χ3n) is 1.24. The zero-order valence-corrected chi connectivity index (χ0v) is 5.92. The molecule has 1 N–H and O–H groups in total. The Labute approximate surface area is 66.7 Å². The summed E-state index contributed by atoms with van der Waals surface area (Å²) in [6.45, 7) is 0. The van der Waals surface area contributed by atoms with Gasteiger partial charge in [-0.15, -0.1) is 0 Å². The highest BCUT2D eigenvalue weighted by Gasteiger charge is 2.08. The van der Waals surface area contributed by atoms with Crippen LogP contribution in [0.15, 0.2) is 12.3 Å². The molecule has 0 saturated carbocycles. The van der Waals surface area contributed by atoms with Gasteiger partial charge in [0.25, 0.3) is 0 Å². The SMILES string of the molecule is O=C(O)Cc1cc(F)ncc1F. The van der Waals surface area contributed by atoms with Crippen LogP contribution in [0.4, 0.5) is 8.78 Å². The number of pyridine rings is 1. The average Bonchev–Trinajstić information content (AvgIpc) is 1.96. The second-order valence-electron chi connectivity index (χ2n) is 2.17. The van der Waals surface area contributed by atoms with Crippen molar-refractivity contribution < 1.29 is 18.7 Å². The van der Waals surface area contributed by atoms with Gasteiger partial charge in [-0.2, -0.15) is 4.39 Å². The zero-order valence-electron chi connectivity index (χ0n) is 5.92. The third kappa shape index (κ3) is 1.98. The van der Waals surface area contributed by atoms with E-state index in [1.54, 1.807) is 0 Å². The second-order valence-corrected chi connectivity index (χ2v) is 2.17. The molecule has 0 unspecified atom stereocenters. The minimum absolute atomic E-state index is 0.199. The molecule has 1 aromatic heterocycles. The Balaban J connectivity index is 2.97. The minimum Gasteiger partial charge on any atom is -0.481 e. The van der Waals surface area contributed by atoms with Gasteiger partial charge < -0.3 is 5.11 Å². The number of hydrogen-bond acceptors (Lipinski definition) is 2. The van der Waals surface area contributed by atoms with E-state index in [4.69, 9.17) is 5.11 Å². The predicted octanol–water partition coefficient (Wildman–Crippen LogP) is 0.987. The molecule has 0 aromatic carbocycles. The fourth-order valence-corrected chi connectivity index (χ4v) is 0.750. The lowest BCUT2D eigenvalue weighted by atomic mass is 10.2. The molecule has 0 saturated heterocycles. The van der Waals surface area contributed by atoms with E-state index in [1.807, 2.05) is 0 Å². The highest BCUT2D eigenvalue weighted by molar-refractivity contribution is 5.70. The van der Waals surface area contributed by atoms with Crippen molar-refractivity contribution in [3.8, 4) is 0 Å². The fraction of sp³-hybridized carbons (Fsp3) is 0.143. The summed E-state index contributed by atoms with van der Waals surface area (Å²) in [5.74, 6) is -2.90. The molecule has 3 nitrogen and oxygen atoms in total. The first-order chi connectivity index (χ1) is 5.59. The number of aromatic nitrogens is 1. The molecule has 12 heavy (non-hydrogen) atoms. The summed E-state index contributed by atoms with van der Waals surface area (Å²) in [7, 11) is 0. The summed E-state index contributed by atoms with van der Waals surface area (Å²) in [6, 6.07) is 0.767. The largest absolute Gasteiger partial charge is 0.481 e. The van der Waals surface area contributed by atoms with Crippen molar-refractivity contribution in [3.63, 3.8) is 0 Å². The second kappa shape index (κ2) is 3.25. The maximum absolute atomic E-state index is 12.6. The summed E-state index contributed by atoms with van der Waals surface area (Å²) in [4.78, 5) is 13.1. The van der Waals surface area contributed by atoms with Crippen LogP contribution < -0.4 is 0 Å². The molecule has 1 rings (SSSR count). The molecule has 0 aliphatic heterocycles. The number of carbonyl (C=O) groups is 1. The highest BCUT2D eigenvalue weighted by Crippen LogP contribution is 2.07. The van der Waals surface area contributed by atoms with E-state index in [9.17, 15) is 13.6 Å². The van der Waals surface area contributed by atoms with Gasteiger partial charge in [-0.3, -0.25) is 4.79 Å². The molecule has 0 aliphatic rings. The van der Waals surface area contributed by atoms with E-state index in [-0.39, 0.29) is 5.56 Å². The number of carboxylic acid groups (broad SMARTS) is 1. The summed E-state index contributed by atoms with van der Waals surface area (Å²) >= 11 is 0. The normalized spacial score (nSPS) is 9.83. The van der Waals surface area contributed by atoms with Crippen LogP contribution in [0.5, 0.6) is 0 Å². The summed E-state index contributed by atoms with van der Waals surface area (Å²) in [5, 5.41) is 8.27. The molecule has 0 radical (unpaired) electrons. The van der Waals surface area contributed by atoms with Gasteiger partial charge in [0, 0.05) is 5.56 Å². The number of aliphatic carboxylic acids is 1. The number of rotatable bonds is 2. The Bertz CT molecular complexity index is 314. The molecule has 1 heterocycles. The van der Waals surface area contributed by atoms with E-state index in [0.717, 1.165) is 6.07 Å². The average molecular weight is 173 g/mol. The van der Waals surface area contributed by atoms with Crippen molar-refractivity contribution in [3.05, 3.63) is 29.6 Å². The number of carboxylic acids is 1. The van der Waals surface area contributed by atoms with E-state index in [0.29, 0.717) is 6.20 Å². The van der Waals surface area contributed by atoms with Gasteiger partial charge in [0.05, 0.1) is 12.6 Å². The first kappa shape index (κ1) is 8.58. The van der Waals surface area contributed by atoms with Gasteiger partial charge in [-0.05, 0) is 6.07 Å². The summed E-state index contributed by atoms with van der Waals surface area (Å²) < 4.78 is 25.0. The molecular weight excluding hydrogens is 168 g/mol. The summed E-state index contributed by atoms with van der Waals surface area (Å²) in [6.07, 6.45) is 0.124. The molecule has 0 bridgehead atoms. The number of nitrogens with zero attached hydrogens (tertiary/aromatic N) is 1. The molecule has 0 spiro atoms. The third-order valence-corrected chi connectivity index (χ3v) is 1.24. The van der Waals surface area contributed by atoms with Crippen LogP contribution in [0.3, 0.4) is 0 Å². The zero-order chi connectivity index (χ0) is 9.14. The maximum Gasteiger partial charge on any atom is 0.307 e. The van der Waals surface area contributed by atoms with Gasteiger partial charge in [-0.25, -0.2) is 9.37 Å². The monoisotopic (exact) mass is 173 g/mol. The molecule has 64 valence electrons. The van der Waals surface area contributed by atoms with E-state index in [2.05, 4.69) is 4.98 Å². The topological polar surface area (TPSA) is 50.2 Å². The van der Waals surface area contributed by atoms with Gasteiger partial charge in [0.15, 0.2) is 0 Å². The van der Waals surface area contributed by atoms with Crippen molar-refractivity contribution in [1.82, 2.24) is 4.98 Å². The van der Waals surface area contributed by atoms with Gasteiger partial charge in [-0.1, -0.05) is 0 Å². The van der Waals surface area contributed by atoms with Crippen LogP contribution in [0.2, 0.25) is 0 Å². The Hall–Kier alpha value is -1.52. The van der Waals surface area contributed by atoms with E-state index >= 15 is 0 Å². The first-order valence-electron chi connectivity index (χ1n) is 3.11. The summed E-state index contributed by atoms with van der Waals surface area (Å²) in [5.41, 5.74) is -0.199. The number of halogens is 2. The fourth-order valence-electron chi connectivity index (χ4n) is 0.750. The van der Waals surface area contributed by atoms with E-state index < -0.39 is 24.2 Å². The smallest absolute Gasteiger partial charge is 0.307 e. The van der Waals surface area contributed by atoms with Crippen molar-refractivity contribution in [2.45, 2.75) is 6.42 Å². The Morgan fingerprint density at radius 3 is 2.83 bits per heavy atom. The van der Waals surface area contributed by atoms with Crippen LogP contribution in [0, 0.1) is 11.8 Å². The van der Waals surface area contributed by atoms with Crippen LogP contribution in [0.1, 0.15) is 5.56 Å². The quantitative estimate of drug-likeness (QED) is 0.678. The Morgan fingerprint density at radius 1 is 1.58 bits per heavy atom. The standard InChI is InChI=1S/C7H5F2NO2/c8-5-3-10-6(9)1-4(5)2-7(11)12/h1,3H,2H2,(H,11,12). The van der Waals surface area contributed by atoms with Crippen LogP contribution in [-0.4, -0.2) is 16.1 Å². The molecule has 0 atom stereocenters. The van der Waals surface area contributed by atoms with Crippen LogP contribution in [-0.2, 0) is 11.2 Å². The predicted molar refractivity (Wildman–Crippen MR) is 35.5 cm³/mol. The molecule has 5 heteroatoms. The Kier molecular flexibility index (Phi) is 2.32. The van der Waals surface area contributed by atoms with Crippen molar-refractivity contribution in [1.29, 1.82) is 0 Å². The highest BCUT2D eigenvalue weighted by atomic mass is 19.1. The van der Waals surface area contributed by atoms with Crippen molar-refractivity contribution in [2.75, 3.05) is 0 Å². The van der Waals surface area contributed by atoms with E-state index in [1.165, 1.54) is 0 Å². The first-order valence-corrected chi connectivity index (χ1v) is 3.11. The van der Waals surface area contributed by atoms with Crippen molar-refractivity contribution in [2.24, 2.45) is 0 Å². The lowest BCUT2D eigenvalue weighted by molar-refractivity contribution is -0.136. The lowest BCUT2D eigenvalue weighted by Crippen LogP contribution is -2.03. The van der Waals surface area contributed by atoms with Gasteiger partial charge >= 0.3 is 5.97 Å². The molecular formula is C7H5F2NO2. The van der Waals surface area contributed by atoms with Gasteiger partial charge in [0.2, 0.25) is 5.95 Å². The lowest BCUT2D eigenvalue weighted by Gasteiger charge is -1.97. The maximum atomic E-state index is 12.6. The molecule has 1 aromatic rings. The molecule has 0 aliphatic carbocycles.